The molecule has 0 spiro atoms. The van der Waals surface area contributed by atoms with E-state index in [-0.39, 0.29) is 0 Å². The molecule has 6 heteroatoms. The Morgan fingerprint density at radius 2 is 1.73 bits per heavy atom. The molecule has 106 valence electrons. The van der Waals surface area contributed by atoms with Crippen LogP contribution in [0.5, 0.6) is 0 Å². The number of anilines is 1. The van der Waals surface area contributed by atoms with E-state index in [1.54, 1.807) is 12.3 Å². The van der Waals surface area contributed by atoms with Crippen molar-refractivity contribution in [3.63, 3.8) is 0 Å². The van der Waals surface area contributed by atoms with Gasteiger partial charge in [0, 0.05) is 11.8 Å². The molecule has 0 saturated heterocycles. The number of rotatable bonds is 2. The third-order valence-corrected chi connectivity index (χ3v) is 3.21. The number of aromatic nitrogens is 4. The number of hydrogen-bond acceptors (Lipinski definition) is 6. The van der Waals surface area contributed by atoms with Gasteiger partial charge in [0.05, 0.1) is 6.20 Å². The summed E-state index contributed by atoms with van der Waals surface area (Å²) in [5.41, 5.74) is 8.99. The average Bonchev–Trinajstić information content (AvgIpc) is 2.99. The van der Waals surface area contributed by atoms with Crippen molar-refractivity contribution >= 4 is 17.0 Å². The van der Waals surface area contributed by atoms with Gasteiger partial charge in [0.25, 0.3) is 0 Å². The monoisotopic (exact) mass is 289 g/mol. The van der Waals surface area contributed by atoms with Crippen LogP contribution in [0.25, 0.3) is 34.1 Å². The van der Waals surface area contributed by atoms with Gasteiger partial charge in [-0.2, -0.15) is 0 Å². The van der Waals surface area contributed by atoms with E-state index >= 15 is 0 Å². The Hall–Kier alpha value is -3.28. The molecule has 4 aromatic rings. The zero-order valence-corrected chi connectivity index (χ0v) is 11.5. The lowest BCUT2D eigenvalue weighted by Crippen LogP contribution is -1.98. The van der Waals surface area contributed by atoms with Crippen LogP contribution < -0.4 is 5.73 Å². The maximum absolute atomic E-state index is 5.78. The molecule has 0 radical (unpaired) electrons. The van der Waals surface area contributed by atoms with Gasteiger partial charge in [-0.1, -0.05) is 30.3 Å². The van der Waals surface area contributed by atoms with Gasteiger partial charge in [-0.3, -0.25) is 0 Å². The van der Waals surface area contributed by atoms with Gasteiger partial charge in [-0.15, -0.1) is 0 Å². The molecule has 0 amide bonds. The SMILES string of the molecule is Nc1cnc(-c2nc3cccnc3o2)c(-c2ccccc2)n1. The maximum atomic E-state index is 5.78. The largest absolute Gasteiger partial charge is 0.416 e. The summed E-state index contributed by atoms with van der Waals surface area (Å²) in [4.78, 5) is 17.3. The summed E-state index contributed by atoms with van der Waals surface area (Å²) in [6.45, 7) is 0. The van der Waals surface area contributed by atoms with E-state index in [9.17, 15) is 0 Å². The van der Waals surface area contributed by atoms with Gasteiger partial charge in [0.2, 0.25) is 11.6 Å². The van der Waals surface area contributed by atoms with Gasteiger partial charge in [0.15, 0.2) is 5.69 Å². The van der Waals surface area contributed by atoms with Gasteiger partial charge >= 0.3 is 0 Å². The molecule has 0 saturated carbocycles. The Morgan fingerprint density at radius 3 is 2.55 bits per heavy atom. The van der Waals surface area contributed by atoms with Crippen LogP contribution in [-0.4, -0.2) is 19.9 Å². The molecule has 22 heavy (non-hydrogen) atoms. The van der Waals surface area contributed by atoms with Crippen molar-refractivity contribution in [3.05, 3.63) is 54.9 Å². The highest BCUT2D eigenvalue weighted by Gasteiger charge is 2.17. The second-order valence-electron chi connectivity index (χ2n) is 4.70. The average molecular weight is 289 g/mol. The molecular formula is C16H11N5O. The lowest BCUT2D eigenvalue weighted by Gasteiger charge is -2.05. The van der Waals surface area contributed by atoms with Crippen molar-refractivity contribution in [3.8, 4) is 22.8 Å². The van der Waals surface area contributed by atoms with Crippen LogP contribution in [0.4, 0.5) is 5.82 Å². The molecule has 0 unspecified atom stereocenters. The molecule has 0 aliphatic rings. The Labute approximate surface area is 125 Å². The van der Waals surface area contributed by atoms with Gasteiger partial charge in [-0.05, 0) is 12.1 Å². The minimum Gasteiger partial charge on any atom is -0.416 e. The maximum Gasteiger partial charge on any atom is 0.250 e. The Bertz CT molecular complexity index is 916. The number of oxazole rings is 1. The predicted molar refractivity (Wildman–Crippen MR) is 82.7 cm³/mol. The van der Waals surface area contributed by atoms with Crippen LogP contribution in [-0.2, 0) is 0 Å². The van der Waals surface area contributed by atoms with Crippen molar-refractivity contribution in [2.24, 2.45) is 0 Å². The number of fused-ring (bicyclic) bond motifs is 1. The molecule has 0 fully saturated rings. The first-order chi connectivity index (χ1) is 10.8. The van der Waals surface area contributed by atoms with E-state index in [0.717, 1.165) is 5.56 Å². The number of hydrogen-bond donors (Lipinski definition) is 1. The quantitative estimate of drug-likeness (QED) is 0.610. The highest BCUT2D eigenvalue weighted by molar-refractivity contribution is 5.78. The van der Waals surface area contributed by atoms with Crippen LogP contribution in [0, 0.1) is 0 Å². The summed E-state index contributed by atoms with van der Waals surface area (Å²) in [5.74, 6) is 0.719. The molecule has 3 aromatic heterocycles. The first-order valence-corrected chi connectivity index (χ1v) is 6.71. The summed E-state index contributed by atoms with van der Waals surface area (Å²) in [6, 6.07) is 13.3. The van der Waals surface area contributed by atoms with Crippen molar-refractivity contribution in [2.45, 2.75) is 0 Å². The van der Waals surface area contributed by atoms with Gasteiger partial charge in [-0.25, -0.2) is 19.9 Å². The fraction of sp³-hybridized carbons (Fsp3) is 0. The van der Waals surface area contributed by atoms with E-state index < -0.39 is 0 Å². The Balaban J connectivity index is 1.95. The van der Waals surface area contributed by atoms with Gasteiger partial charge in [0.1, 0.15) is 17.0 Å². The zero-order chi connectivity index (χ0) is 14.9. The number of nitrogens with zero attached hydrogens (tertiary/aromatic N) is 4. The molecular weight excluding hydrogens is 278 g/mol. The third-order valence-electron chi connectivity index (χ3n) is 3.21. The smallest absolute Gasteiger partial charge is 0.250 e. The normalized spacial score (nSPS) is 10.9. The fourth-order valence-corrected chi connectivity index (χ4v) is 2.23. The highest BCUT2D eigenvalue weighted by Crippen LogP contribution is 2.30. The van der Waals surface area contributed by atoms with Crippen LogP contribution >= 0.6 is 0 Å². The number of benzene rings is 1. The summed E-state index contributed by atoms with van der Waals surface area (Å²) in [7, 11) is 0. The van der Waals surface area contributed by atoms with E-state index in [2.05, 4.69) is 19.9 Å². The standard InChI is InChI=1S/C16H11N5O/c17-12-9-19-14(13(21-12)10-5-2-1-3-6-10)16-20-11-7-4-8-18-15(11)22-16/h1-9H,(H2,17,21). The molecule has 0 aliphatic heterocycles. The molecule has 2 N–H and O–H groups in total. The lowest BCUT2D eigenvalue weighted by atomic mass is 10.1. The van der Waals surface area contributed by atoms with E-state index in [4.69, 9.17) is 10.2 Å². The minimum atomic E-state index is 0.344. The summed E-state index contributed by atoms with van der Waals surface area (Å²) < 4.78 is 5.69. The summed E-state index contributed by atoms with van der Waals surface area (Å²) >= 11 is 0. The van der Waals surface area contributed by atoms with E-state index in [0.29, 0.717) is 34.3 Å². The molecule has 0 aliphatic carbocycles. The summed E-state index contributed by atoms with van der Waals surface area (Å²) in [6.07, 6.45) is 3.15. The van der Waals surface area contributed by atoms with E-state index in [1.807, 2.05) is 36.4 Å². The second kappa shape index (κ2) is 4.92. The topological polar surface area (TPSA) is 90.7 Å². The van der Waals surface area contributed by atoms with Crippen LogP contribution in [0.2, 0.25) is 0 Å². The first-order valence-electron chi connectivity index (χ1n) is 6.71. The Kier molecular flexibility index (Phi) is 2.79. The predicted octanol–water partition coefficient (Wildman–Crippen LogP) is 2.93. The minimum absolute atomic E-state index is 0.344. The van der Waals surface area contributed by atoms with Crippen molar-refractivity contribution in [1.82, 2.24) is 19.9 Å². The Morgan fingerprint density at radius 1 is 0.864 bits per heavy atom. The van der Waals surface area contributed by atoms with Crippen molar-refractivity contribution < 1.29 is 4.42 Å². The van der Waals surface area contributed by atoms with Crippen LogP contribution in [0.15, 0.2) is 59.3 Å². The fourth-order valence-electron chi connectivity index (χ4n) is 2.23. The number of pyridine rings is 1. The summed E-state index contributed by atoms with van der Waals surface area (Å²) in [5, 5.41) is 0. The molecule has 0 bridgehead atoms. The molecule has 3 heterocycles. The highest BCUT2D eigenvalue weighted by atomic mass is 16.4. The number of nitrogens with two attached hydrogens (primary N) is 1. The lowest BCUT2D eigenvalue weighted by molar-refractivity contribution is 0.605. The molecule has 1 aromatic carbocycles. The number of nitrogen functional groups attached to an aromatic ring is 1. The second-order valence-corrected chi connectivity index (χ2v) is 4.70. The molecule has 4 rings (SSSR count). The van der Waals surface area contributed by atoms with Crippen LogP contribution in [0.1, 0.15) is 0 Å². The van der Waals surface area contributed by atoms with Crippen LogP contribution in [0.3, 0.4) is 0 Å². The zero-order valence-electron chi connectivity index (χ0n) is 11.5. The van der Waals surface area contributed by atoms with Crippen molar-refractivity contribution in [1.29, 1.82) is 0 Å². The van der Waals surface area contributed by atoms with Gasteiger partial charge < -0.3 is 10.2 Å². The third kappa shape index (κ3) is 2.07. The molecule has 6 nitrogen and oxygen atoms in total. The molecule has 0 atom stereocenters. The van der Waals surface area contributed by atoms with E-state index in [1.165, 1.54) is 6.20 Å². The first kappa shape index (κ1) is 12.5. The van der Waals surface area contributed by atoms with Crippen molar-refractivity contribution in [2.75, 3.05) is 5.73 Å².